The minimum Gasteiger partial charge on any atom is -0.345 e. The highest BCUT2D eigenvalue weighted by Gasteiger charge is 2.41. The highest BCUT2D eigenvalue weighted by molar-refractivity contribution is 5.99. The average molecular weight is 374 g/mol. The van der Waals surface area contributed by atoms with Crippen molar-refractivity contribution in [3.8, 4) is 0 Å². The molecular weight excluding hydrogens is 352 g/mol. The number of halogens is 3. The zero-order valence-corrected chi connectivity index (χ0v) is 15.3. The third-order valence-electron chi connectivity index (χ3n) is 4.52. The number of pyridine rings is 1. The van der Waals surface area contributed by atoms with Gasteiger partial charge in [0.15, 0.2) is 0 Å². The Morgan fingerprint density at radius 3 is 2.62 bits per heavy atom. The molecule has 0 radical (unpaired) electrons. The highest BCUT2D eigenvalue weighted by Crippen LogP contribution is 2.39. The first-order valence-electron chi connectivity index (χ1n) is 7.52. The summed E-state index contributed by atoms with van der Waals surface area (Å²) >= 11 is 0. The van der Waals surface area contributed by atoms with Gasteiger partial charge in [0.2, 0.25) is 0 Å². The molecule has 1 amide bonds. The summed E-state index contributed by atoms with van der Waals surface area (Å²) in [6.07, 6.45) is 2.20. The van der Waals surface area contributed by atoms with Crippen molar-refractivity contribution in [1.29, 1.82) is 0 Å². The molecule has 1 heterocycles. The molecule has 1 aliphatic rings. The molecule has 0 aliphatic heterocycles. The third kappa shape index (κ3) is 3.97. The normalized spacial score (nSPS) is 15.8. The van der Waals surface area contributed by atoms with Crippen LogP contribution in [0.25, 0.3) is 10.9 Å². The lowest BCUT2D eigenvalue weighted by Crippen LogP contribution is -2.53. The number of carbonyl (C=O) groups excluding carboxylic acids is 1. The fourth-order valence-corrected chi connectivity index (χ4v) is 2.83. The van der Waals surface area contributed by atoms with E-state index in [1.165, 1.54) is 12.1 Å². The monoisotopic (exact) mass is 373 g/mol. The van der Waals surface area contributed by atoms with Gasteiger partial charge in [-0.3, -0.25) is 9.78 Å². The van der Waals surface area contributed by atoms with E-state index in [1.807, 2.05) is 6.92 Å². The molecule has 1 saturated carbocycles. The maximum absolute atomic E-state index is 13.3. The lowest BCUT2D eigenvalue weighted by Gasteiger charge is -2.29. The molecule has 3 N–H and O–H groups in total. The summed E-state index contributed by atoms with van der Waals surface area (Å²) in [5.41, 5.74) is 7.13. The maximum atomic E-state index is 13.3. The molecule has 2 aromatic rings. The Balaban J connectivity index is 0.00000144. The topological polar surface area (TPSA) is 68.0 Å². The molecule has 1 aliphatic carbocycles. The molecule has 0 spiro atoms. The van der Waals surface area contributed by atoms with Crippen LogP contribution in [0.5, 0.6) is 0 Å². The fraction of sp³-hybridized carbons (Fsp3) is 0.412. The van der Waals surface area contributed by atoms with E-state index in [1.54, 1.807) is 19.1 Å². The third-order valence-corrected chi connectivity index (χ3v) is 4.52. The number of nitrogens with one attached hydrogen (secondary N) is 1. The Morgan fingerprint density at radius 2 is 2.04 bits per heavy atom. The van der Waals surface area contributed by atoms with E-state index >= 15 is 0 Å². The van der Waals surface area contributed by atoms with Crippen molar-refractivity contribution in [2.75, 3.05) is 6.54 Å². The highest BCUT2D eigenvalue weighted by atomic mass is 35.5. The molecule has 0 bridgehead atoms. The Labute approximate surface area is 153 Å². The number of hydrogen-bond acceptors (Lipinski definition) is 3. The van der Waals surface area contributed by atoms with E-state index in [0.29, 0.717) is 29.2 Å². The van der Waals surface area contributed by atoms with Crippen LogP contribution in [0.4, 0.5) is 4.39 Å². The Morgan fingerprint density at radius 1 is 1.38 bits per heavy atom. The lowest BCUT2D eigenvalue weighted by molar-refractivity contribution is 0.0897. The second kappa shape index (κ2) is 7.64. The van der Waals surface area contributed by atoms with Crippen molar-refractivity contribution in [2.45, 2.75) is 32.2 Å². The summed E-state index contributed by atoms with van der Waals surface area (Å²) in [6.45, 7) is 4.16. The van der Waals surface area contributed by atoms with Crippen LogP contribution < -0.4 is 11.1 Å². The summed E-state index contributed by atoms with van der Waals surface area (Å²) in [5.74, 6) is -0.0543. The summed E-state index contributed by atoms with van der Waals surface area (Å²) in [7, 11) is 0. The molecule has 1 fully saturated rings. The van der Waals surface area contributed by atoms with Crippen molar-refractivity contribution in [2.24, 2.45) is 11.7 Å². The standard InChI is InChI=1S/C17H20FN3O.2ClH/c1-10-14(7-11-3-6-13(18)8-15(11)20-10)16(22)21-17(2,9-19)12-4-5-12;;/h3,6-8,12H,4-5,9,19H2,1-2H3,(H,21,22);2*1H. The van der Waals surface area contributed by atoms with Gasteiger partial charge in [-0.15, -0.1) is 24.8 Å². The predicted octanol–water partition coefficient (Wildman–Crippen LogP) is 3.38. The molecule has 1 atom stereocenters. The van der Waals surface area contributed by atoms with Crippen LogP contribution in [0.2, 0.25) is 0 Å². The number of rotatable bonds is 4. The number of nitrogens with zero attached hydrogens (tertiary/aromatic N) is 1. The first-order chi connectivity index (χ1) is 10.4. The van der Waals surface area contributed by atoms with Crippen molar-refractivity contribution in [3.05, 3.63) is 41.3 Å². The smallest absolute Gasteiger partial charge is 0.253 e. The van der Waals surface area contributed by atoms with Crippen LogP contribution in [0.3, 0.4) is 0 Å². The van der Waals surface area contributed by atoms with Crippen LogP contribution in [-0.2, 0) is 0 Å². The van der Waals surface area contributed by atoms with Gasteiger partial charge >= 0.3 is 0 Å². The molecular formula is C17H22Cl2FN3O. The van der Waals surface area contributed by atoms with Gasteiger partial charge < -0.3 is 11.1 Å². The second-order valence-electron chi connectivity index (χ2n) is 6.31. The maximum Gasteiger partial charge on any atom is 0.253 e. The number of aryl methyl sites for hydroxylation is 1. The van der Waals surface area contributed by atoms with Gasteiger partial charge in [0.05, 0.1) is 22.3 Å². The molecule has 7 heteroatoms. The Kier molecular flexibility index (Phi) is 6.56. The van der Waals surface area contributed by atoms with Crippen LogP contribution in [0.15, 0.2) is 24.3 Å². The number of carbonyl (C=O) groups is 1. The number of benzene rings is 1. The summed E-state index contributed by atoms with van der Waals surface area (Å²) in [6, 6.07) is 6.14. The van der Waals surface area contributed by atoms with Gasteiger partial charge in [0, 0.05) is 18.0 Å². The largest absolute Gasteiger partial charge is 0.345 e. The Hall–Kier alpha value is -1.43. The van der Waals surface area contributed by atoms with E-state index in [9.17, 15) is 9.18 Å². The first-order valence-corrected chi connectivity index (χ1v) is 7.52. The predicted molar refractivity (Wildman–Crippen MR) is 98.6 cm³/mol. The molecule has 24 heavy (non-hydrogen) atoms. The SMILES string of the molecule is Cc1nc2cc(F)ccc2cc1C(=O)NC(C)(CN)C1CC1.Cl.Cl. The van der Waals surface area contributed by atoms with Crippen LogP contribution in [-0.4, -0.2) is 23.0 Å². The number of aromatic nitrogens is 1. The minimum atomic E-state index is -0.374. The second-order valence-corrected chi connectivity index (χ2v) is 6.31. The van der Waals surface area contributed by atoms with Gasteiger partial charge in [0.25, 0.3) is 5.91 Å². The number of hydrogen-bond donors (Lipinski definition) is 2. The van der Waals surface area contributed by atoms with Crippen LogP contribution in [0, 0.1) is 18.7 Å². The minimum absolute atomic E-state index is 0. The van der Waals surface area contributed by atoms with Gasteiger partial charge in [-0.05, 0) is 50.8 Å². The van der Waals surface area contributed by atoms with Gasteiger partial charge in [-0.2, -0.15) is 0 Å². The number of fused-ring (bicyclic) bond motifs is 1. The molecule has 1 aromatic carbocycles. The lowest BCUT2D eigenvalue weighted by atomic mass is 9.95. The molecule has 1 unspecified atom stereocenters. The quantitative estimate of drug-likeness (QED) is 0.862. The zero-order valence-electron chi connectivity index (χ0n) is 13.6. The molecule has 132 valence electrons. The number of amides is 1. The molecule has 3 rings (SSSR count). The summed E-state index contributed by atoms with van der Waals surface area (Å²) in [4.78, 5) is 16.9. The van der Waals surface area contributed by atoms with Crippen molar-refractivity contribution < 1.29 is 9.18 Å². The number of nitrogens with two attached hydrogens (primary N) is 1. The van der Waals surface area contributed by atoms with Gasteiger partial charge in [-0.1, -0.05) is 0 Å². The van der Waals surface area contributed by atoms with Gasteiger partial charge in [-0.25, -0.2) is 4.39 Å². The van der Waals surface area contributed by atoms with E-state index < -0.39 is 0 Å². The first kappa shape index (κ1) is 20.6. The summed E-state index contributed by atoms with van der Waals surface area (Å²) in [5, 5.41) is 3.81. The van der Waals surface area contributed by atoms with Gasteiger partial charge in [0.1, 0.15) is 5.82 Å². The fourth-order valence-electron chi connectivity index (χ4n) is 2.83. The molecule has 1 aromatic heterocycles. The molecule has 0 saturated heterocycles. The van der Waals surface area contributed by atoms with E-state index in [2.05, 4.69) is 10.3 Å². The molecule has 4 nitrogen and oxygen atoms in total. The van der Waals surface area contributed by atoms with Crippen molar-refractivity contribution >= 4 is 41.6 Å². The average Bonchev–Trinajstić information content (AvgIpc) is 3.31. The van der Waals surface area contributed by atoms with Crippen molar-refractivity contribution in [1.82, 2.24) is 10.3 Å². The van der Waals surface area contributed by atoms with Crippen LogP contribution >= 0.6 is 24.8 Å². The van der Waals surface area contributed by atoms with E-state index in [-0.39, 0.29) is 42.1 Å². The summed E-state index contributed by atoms with van der Waals surface area (Å²) < 4.78 is 13.3. The van der Waals surface area contributed by atoms with Crippen molar-refractivity contribution in [3.63, 3.8) is 0 Å². The van der Waals surface area contributed by atoms with E-state index in [4.69, 9.17) is 5.73 Å². The Bertz CT molecular complexity index is 752. The zero-order chi connectivity index (χ0) is 15.9. The van der Waals surface area contributed by atoms with E-state index in [0.717, 1.165) is 18.2 Å². The van der Waals surface area contributed by atoms with Crippen LogP contribution in [0.1, 0.15) is 35.8 Å².